The van der Waals surface area contributed by atoms with E-state index in [1.165, 1.54) is 37.8 Å². The van der Waals surface area contributed by atoms with Crippen LogP contribution >= 0.6 is 0 Å². The minimum atomic E-state index is 0.744. The first-order chi connectivity index (χ1) is 8.33. The fourth-order valence-electron chi connectivity index (χ4n) is 3.01. The van der Waals surface area contributed by atoms with Crippen LogP contribution in [0.2, 0.25) is 0 Å². The van der Waals surface area contributed by atoms with Crippen molar-refractivity contribution in [2.45, 2.75) is 65.1 Å². The Bertz CT molecular complexity index is 329. The van der Waals surface area contributed by atoms with Gasteiger partial charge in [0.15, 0.2) is 0 Å². The second-order valence-electron chi connectivity index (χ2n) is 5.30. The van der Waals surface area contributed by atoms with Crippen LogP contribution in [-0.2, 0) is 13.1 Å². The molecule has 0 saturated heterocycles. The SMILES string of the molecule is CCC1CCCC(NCc2cccn2CC)C1. The number of aryl methyl sites for hydroxylation is 1. The predicted molar refractivity (Wildman–Crippen MR) is 73.0 cm³/mol. The number of hydrogen-bond acceptors (Lipinski definition) is 1. The topological polar surface area (TPSA) is 17.0 Å². The Morgan fingerprint density at radius 2 is 2.24 bits per heavy atom. The zero-order valence-corrected chi connectivity index (χ0v) is 11.3. The van der Waals surface area contributed by atoms with Crippen LogP contribution in [-0.4, -0.2) is 10.6 Å². The summed E-state index contributed by atoms with van der Waals surface area (Å²) in [6, 6.07) is 5.13. The molecule has 0 amide bonds. The smallest absolute Gasteiger partial charge is 0.0361 e. The van der Waals surface area contributed by atoms with Crippen LogP contribution in [0.4, 0.5) is 0 Å². The van der Waals surface area contributed by atoms with Crippen molar-refractivity contribution in [2.24, 2.45) is 5.92 Å². The molecule has 2 heteroatoms. The van der Waals surface area contributed by atoms with Gasteiger partial charge in [-0.05, 0) is 37.8 Å². The lowest BCUT2D eigenvalue weighted by Gasteiger charge is -2.29. The molecule has 0 aliphatic heterocycles. The van der Waals surface area contributed by atoms with E-state index in [4.69, 9.17) is 0 Å². The fourth-order valence-corrected chi connectivity index (χ4v) is 3.01. The quantitative estimate of drug-likeness (QED) is 0.824. The number of nitrogens with zero attached hydrogens (tertiary/aromatic N) is 1. The van der Waals surface area contributed by atoms with Gasteiger partial charge in [-0.1, -0.05) is 26.2 Å². The lowest BCUT2D eigenvalue weighted by molar-refractivity contribution is 0.277. The van der Waals surface area contributed by atoms with Gasteiger partial charge in [0.05, 0.1) is 0 Å². The van der Waals surface area contributed by atoms with Gasteiger partial charge in [0.1, 0.15) is 0 Å². The Kier molecular flexibility index (Phi) is 4.66. The Morgan fingerprint density at radius 1 is 1.35 bits per heavy atom. The molecule has 2 unspecified atom stereocenters. The molecule has 2 atom stereocenters. The maximum Gasteiger partial charge on any atom is 0.0361 e. The summed E-state index contributed by atoms with van der Waals surface area (Å²) in [6.45, 7) is 6.64. The molecule has 2 rings (SSSR count). The summed E-state index contributed by atoms with van der Waals surface area (Å²) in [5.74, 6) is 0.958. The third kappa shape index (κ3) is 3.35. The standard InChI is InChI=1S/C15H26N2/c1-3-13-7-5-8-14(11-13)16-12-15-9-6-10-17(15)4-2/h6,9-10,13-14,16H,3-5,7-8,11-12H2,1-2H3. The van der Waals surface area contributed by atoms with Crippen molar-refractivity contribution in [3.63, 3.8) is 0 Å². The van der Waals surface area contributed by atoms with Crippen molar-refractivity contribution in [3.8, 4) is 0 Å². The first kappa shape index (κ1) is 12.7. The zero-order chi connectivity index (χ0) is 12.1. The molecule has 1 aliphatic carbocycles. The first-order valence-electron chi connectivity index (χ1n) is 7.20. The van der Waals surface area contributed by atoms with E-state index in [1.54, 1.807) is 0 Å². The minimum absolute atomic E-state index is 0.744. The molecule has 1 heterocycles. The highest BCUT2D eigenvalue weighted by Crippen LogP contribution is 2.26. The summed E-state index contributed by atoms with van der Waals surface area (Å²) in [4.78, 5) is 0. The van der Waals surface area contributed by atoms with Gasteiger partial charge >= 0.3 is 0 Å². The summed E-state index contributed by atoms with van der Waals surface area (Å²) in [7, 11) is 0. The summed E-state index contributed by atoms with van der Waals surface area (Å²) < 4.78 is 2.33. The van der Waals surface area contributed by atoms with Crippen molar-refractivity contribution in [3.05, 3.63) is 24.0 Å². The van der Waals surface area contributed by atoms with Gasteiger partial charge in [0.2, 0.25) is 0 Å². The van der Waals surface area contributed by atoms with Gasteiger partial charge in [0, 0.05) is 31.0 Å². The van der Waals surface area contributed by atoms with Crippen LogP contribution in [0.5, 0.6) is 0 Å². The molecule has 0 spiro atoms. The number of aromatic nitrogens is 1. The summed E-state index contributed by atoms with van der Waals surface area (Å²) in [5, 5.41) is 3.74. The third-order valence-corrected chi connectivity index (χ3v) is 4.20. The molecule has 0 radical (unpaired) electrons. The van der Waals surface area contributed by atoms with Crippen LogP contribution < -0.4 is 5.32 Å². The highest BCUT2D eigenvalue weighted by Gasteiger charge is 2.20. The zero-order valence-electron chi connectivity index (χ0n) is 11.3. The second-order valence-corrected chi connectivity index (χ2v) is 5.30. The van der Waals surface area contributed by atoms with Crippen molar-refractivity contribution >= 4 is 0 Å². The van der Waals surface area contributed by atoms with E-state index in [0.717, 1.165) is 25.0 Å². The average molecular weight is 234 g/mol. The molecule has 1 N–H and O–H groups in total. The fraction of sp³-hybridized carbons (Fsp3) is 0.733. The van der Waals surface area contributed by atoms with E-state index in [1.807, 2.05) is 0 Å². The highest BCUT2D eigenvalue weighted by atomic mass is 15.0. The van der Waals surface area contributed by atoms with E-state index >= 15 is 0 Å². The Hall–Kier alpha value is -0.760. The third-order valence-electron chi connectivity index (χ3n) is 4.20. The van der Waals surface area contributed by atoms with Crippen LogP contribution in [0.15, 0.2) is 18.3 Å². The second kappa shape index (κ2) is 6.25. The Morgan fingerprint density at radius 3 is 3.00 bits per heavy atom. The number of rotatable bonds is 5. The van der Waals surface area contributed by atoms with Crippen molar-refractivity contribution in [1.29, 1.82) is 0 Å². The summed E-state index contributed by atoms with van der Waals surface area (Å²) in [6.07, 6.45) is 9.12. The Labute approximate surface area is 105 Å². The maximum absolute atomic E-state index is 3.74. The summed E-state index contributed by atoms with van der Waals surface area (Å²) >= 11 is 0. The van der Waals surface area contributed by atoms with E-state index in [0.29, 0.717) is 0 Å². The van der Waals surface area contributed by atoms with Crippen molar-refractivity contribution in [2.75, 3.05) is 0 Å². The molecule has 96 valence electrons. The molecule has 17 heavy (non-hydrogen) atoms. The lowest BCUT2D eigenvalue weighted by atomic mass is 9.84. The molecule has 1 fully saturated rings. The molecule has 0 bridgehead atoms. The molecule has 1 aromatic heterocycles. The normalized spacial score (nSPS) is 25.1. The molecule has 1 aliphatic rings. The largest absolute Gasteiger partial charge is 0.351 e. The minimum Gasteiger partial charge on any atom is -0.351 e. The number of nitrogens with one attached hydrogen (secondary N) is 1. The van der Waals surface area contributed by atoms with Crippen molar-refractivity contribution < 1.29 is 0 Å². The van der Waals surface area contributed by atoms with Crippen LogP contribution in [0, 0.1) is 5.92 Å². The highest BCUT2D eigenvalue weighted by molar-refractivity contribution is 5.07. The molecular weight excluding hydrogens is 208 g/mol. The van der Waals surface area contributed by atoms with Gasteiger partial charge in [-0.15, -0.1) is 0 Å². The molecular formula is C15H26N2. The molecule has 2 nitrogen and oxygen atoms in total. The first-order valence-corrected chi connectivity index (χ1v) is 7.20. The monoisotopic (exact) mass is 234 g/mol. The van der Waals surface area contributed by atoms with Crippen molar-refractivity contribution in [1.82, 2.24) is 9.88 Å². The van der Waals surface area contributed by atoms with Gasteiger partial charge in [0.25, 0.3) is 0 Å². The van der Waals surface area contributed by atoms with Gasteiger partial charge in [-0.3, -0.25) is 0 Å². The summed E-state index contributed by atoms with van der Waals surface area (Å²) in [5.41, 5.74) is 1.42. The van der Waals surface area contributed by atoms with Crippen LogP contribution in [0.1, 0.15) is 51.6 Å². The van der Waals surface area contributed by atoms with Gasteiger partial charge in [-0.2, -0.15) is 0 Å². The molecule has 0 aromatic carbocycles. The lowest BCUT2D eigenvalue weighted by Crippen LogP contribution is -2.34. The van der Waals surface area contributed by atoms with Gasteiger partial charge in [-0.25, -0.2) is 0 Å². The molecule has 1 saturated carbocycles. The maximum atomic E-state index is 3.74. The van der Waals surface area contributed by atoms with Crippen LogP contribution in [0.25, 0.3) is 0 Å². The van der Waals surface area contributed by atoms with Crippen LogP contribution in [0.3, 0.4) is 0 Å². The van der Waals surface area contributed by atoms with E-state index < -0.39 is 0 Å². The average Bonchev–Trinajstić information content (AvgIpc) is 2.84. The van der Waals surface area contributed by atoms with E-state index in [-0.39, 0.29) is 0 Å². The van der Waals surface area contributed by atoms with E-state index in [2.05, 4.69) is 42.1 Å². The van der Waals surface area contributed by atoms with E-state index in [9.17, 15) is 0 Å². The Balaban J connectivity index is 1.81. The molecule has 1 aromatic rings. The van der Waals surface area contributed by atoms with Gasteiger partial charge < -0.3 is 9.88 Å². The predicted octanol–water partition coefficient (Wildman–Crippen LogP) is 3.57. The number of hydrogen-bond donors (Lipinski definition) is 1.